The van der Waals surface area contributed by atoms with Gasteiger partial charge in [-0.05, 0) is 51.9 Å². The molecule has 3 unspecified atom stereocenters. The summed E-state index contributed by atoms with van der Waals surface area (Å²) in [5, 5.41) is 13.1. The van der Waals surface area contributed by atoms with Crippen molar-refractivity contribution in [1.82, 2.24) is 5.32 Å². The van der Waals surface area contributed by atoms with Crippen molar-refractivity contribution in [3.8, 4) is 0 Å². The molecule has 5 nitrogen and oxygen atoms in total. The van der Waals surface area contributed by atoms with Gasteiger partial charge in [0.15, 0.2) is 0 Å². The Morgan fingerprint density at radius 2 is 2.19 bits per heavy atom. The maximum atomic E-state index is 11.8. The van der Waals surface area contributed by atoms with Gasteiger partial charge in [0.1, 0.15) is 5.54 Å². The van der Waals surface area contributed by atoms with E-state index in [0.717, 1.165) is 38.5 Å². The average Bonchev–Trinajstić information content (AvgIpc) is 3.16. The van der Waals surface area contributed by atoms with E-state index in [1.165, 1.54) is 0 Å². The smallest absolute Gasteiger partial charge is 0.324 e. The highest BCUT2D eigenvalue weighted by atomic mass is 16.5. The van der Waals surface area contributed by atoms with E-state index >= 15 is 0 Å². The highest BCUT2D eigenvalue weighted by molar-refractivity contribution is 5.80. The molecule has 0 aromatic heterocycles. The Balaban J connectivity index is 1.81. The monoisotopic (exact) mass is 299 g/mol. The first-order valence-corrected chi connectivity index (χ1v) is 8.29. The molecular weight excluding hydrogens is 270 g/mol. The first kappa shape index (κ1) is 16.7. The summed E-state index contributed by atoms with van der Waals surface area (Å²) in [7, 11) is 0. The van der Waals surface area contributed by atoms with Gasteiger partial charge in [-0.15, -0.1) is 0 Å². The first-order valence-electron chi connectivity index (χ1n) is 8.29. The quantitative estimate of drug-likeness (QED) is 0.647. The minimum absolute atomic E-state index is 0.0713. The largest absolute Gasteiger partial charge is 0.480 e. The van der Waals surface area contributed by atoms with Gasteiger partial charge in [0.25, 0.3) is 0 Å². The number of ether oxygens (including phenoxy) is 2. The standard InChI is InChI=1S/C16H29NO4/c1-3-20-11-12(2)21-10-8-13-5-4-9-16(13,15(18)19)17-14-6-7-14/h12-14,17H,3-11H2,1-2H3,(H,18,19). The van der Waals surface area contributed by atoms with Gasteiger partial charge >= 0.3 is 5.97 Å². The molecular formula is C16H29NO4. The number of aliphatic carboxylic acids is 1. The number of carboxylic acids is 1. The Labute approximate surface area is 127 Å². The van der Waals surface area contributed by atoms with Crippen molar-refractivity contribution in [2.45, 2.75) is 70.1 Å². The number of rotatable bonds is 10. The number of carboxylic acid groups (broad SMARTS) is 1. The number of hydrogen-bond donors (Lipinski definition) is 2. The highest BCUT2D eigenvalue weighted by Gasteiger charge is 2.51. The van der Waals surface area contributed by atoms with E-state index in [4.69, 9.17) is 9.47 Å². The van der Waals surface area contributed by atoms with E-state index in [9.17, 15) is 9.90 Å². The summed E-state index contributed by atoms with van der Waals surface area (Å²) in [5.74, 6) is -0.505. The van der Waals surface area contributed by atoms with Crippen molar-refractivity contribution < 1.29 is 19.4 Å². The summed E-state index contributed by atoms with van der Waals surface area (Å²) in [6, 6.07) is 0.416. The van der Waals surface area contributed by atoms with E-state index in [-0.39, 0.29) is 12.0 Å². The van der Waals surface area contributed by atoms with Crippen LogP contribution in [0.1, 0.15) is 52.4 Å². The van der Waals surface area contributed by atoms with E-state index in [1.807, 2.05) is 13.8 Å². The Hall–Kier alpha value is -0.650. The van der Waals surface area contributed by atoms with Crippen LogP contribution in [0.2, 0.25) is 0 Å². The lowest BCUT2D eigenvalue weighted by Crippen LogP contribution is -2.55. The molecule has 0 spiro atoms. The fourth-order valence-corrected chi connectivity index (χ4v) is 3.34. The highest BCUT2D eigenvalue weighted by Crippen LogP contribution is 2.40. The Morgan fingerprint density at radius 1 is 1.43 bits per heavy atom. The minimum Gasteiger partial charge on any atom is -0.480 e. The lowest BCUT2D eigenvalue weighted by molar-refractivity contribution is -0.147. The molecule has 3 atom stereocenters. The summed E-state index contributed by atoms with van der Waals surface area (Å²) in [4.78, 5) is 11.8. The predicted molar refractivity (Wildman–Crippen MR) is 80.4 cm³/mol. The van der Waals surface area contributed by atoms with Gasteiger partial charge in [0.05, 0.1) is 12.7 Å². The molecule has 2 aliphatic rings. The van der Waals surface area contributed by atoms with Crippen molar-refractivity contribution in [1.29, 1.82) is 0 Å². The molecule has 0 heterocycles. The second-order valence-corrected chi connectivity index (χ2v) is 6.41. The van der Waals surface area contributed by atoms with Crippen LogP contribution in [0.4, 0.5) is 0 Å². The van der Waals surface area contributed by atoms with Crippen LogP contribution in [-0.2, 0) is 14.3 Å². The SMILES string of the molecule is CCOCC(C)OCCC1CCCC1(NC1CC1)C(=O)O. The maximum absolute atomic E-state index is 11.8. The number of hydrogen-bond acceptors (Lipinski definition) is 4. The molecule has 0 bridgehead atoms. The zero-order valence-electron chi connectivity index (χ0n) is 13.3. The molecule has 2 fully saturated rings. The van der Waals surface area contributed by atoms with Crippen molar-refractivity contribution in [2.75, 3.05) is 19.8 Å². The fourth-order valence-electron chi connectivity index (χ4n) is 3.34. The van der Waals surface area contributed by atoms with Gasteiger partial charge in [-0.3, -0.25) is 10.1 Å². The van der Waals surface area contributed by atoms with Crippen molar-refractivity contribution in [3.63, 3.8) is 0 Å². The maximum Gasteiger partial charge on any atom is 0.324 e. The van der Waals surface area contributed by atoms with Gasteiger partial charge in [-0.2, -0.15) is 0 Å². The van der Waals surface area contributed by atoms with Crippen LogP contribution in [0, 0.1) is 5.92 Å². The summed E-state index contributed by atoms with van der Waals surface area (Å²) in [5.41, 5.74) is -0.715. The minimum atomic E-state index is -0.715. The third-order valence-corrected chi connectivity index (χ3v) is 4.67. The van der Waals surface area contributed by atoms with E-state index in [1.54, 1.807) is 0 Å². The summed E-state index contributed by atoms with van der Waals surface area (Å²) in [6.45, 7) is 5.88. The van der Waals surface area contributed by atoms with Crippen LogP contribution in [0.5, 0.6) is 0 Å². The second kappa shape index (κ2) is 7.56. The lowest BCUT2D eigenvalue weighted by atomic mass is 9.84. The van der Waals surface area contributed by atoms with Crippen LogP contribution in [0.3, 0.4) is 0 Å². The van der Waals surface area contributed by atoms with E-state index in [2.05, 4.69) is 5.32 Å². The van der Waals surface area contributed by atoms with Crippen LogP contribution in [0.15, 0.2) is 0 Å². The molecule has 0 amide bonds. The zero-order chi connectivity index (χ0) is 15.3. The normalized spacial score (nSPS) is 30.5. The molecule has 122 valence electrons. The predicted octanol–water partition coefficient (Wildman–Crippen LogP) is 2.19. The lowest BCUT2D eigenvalue weighted by Gasteiger charge is -2.33. The second-order valence-electron chi connectivity index (χ2n) is 6.41. The molecule has 2 aliphatic carbocycles. The fraction of sp³-hybridized carbons (Fsp3) is 0.938. The Bertz CT molecular complexity index is 345. The molecule has 21 heavy (non-hydrogen) atoms. The number of carbonyl (C=O) groups is 1. The van der Waals surface area contributed by atoms with Gasteiger partial charge in [0.2, 0.25) is 0 Å². The van der Waals surface area contributed by atoms with Gasteiger partial charge in [-0.25, -0.2) is 0 Å². The molecule has 0 saturated heterocycles. The van der Waals surface area contributed by atoms with E-state index in [0.29, 0.717) is 25.9 Å². The topological polar surface area (TPSA) is 67.8 Å². The van der Waals surface area contributed by atoms with Crippen molar-refractivity contribution in [3.05, 3.63) is 0 Å². The summed E-state index contributed by atoms with van der Waals surface area (Å²) < 4.78 is 11.1. The molecule has 0 radical (unpaired) electrons. The van der Waals surface area contributed by atoms with Crippen molar-refractivity contribution in [2.24, 2.45) is 5.92 Å². The van der Waals surface area contributed by atoms with Crippen molar-refractivity contribution >= 4 is 5.97 Å². The molecule has 5 heteroatoms. The van der Waals surface area contributed by atoms with Gasteiger partial charge in [-0.1, -0.05) is 6.42 Å². The molecule has 2 rings (SSSR count). The molecule has 2 N–H and O–H groups in total. The van der Waals surface area contributed by atoms with Crippen LogP contribution in [0.25, 0.3) is 0 Å². The molecule has 0 aliphatic heterocycles. The third kappa shape index (κ3) is 4.41. The summed E-state index contributed by atoms with van der Waals surface area (Å²) in [6.07, 6.45) is 5.83. The Kier molecular flexibility index (Phi) is 6.02. The zero-order valence-corrected chi connectivity index (χ0v) is 13.3. The van der Waals surface area contributed by atoms with Crippen LogP contribution >= 0.6 is 0 Å². The van der Waals surface area contributed by atoms with E-state index < -0.39 is 11.5 Å². The van der Waals surface area contributed by atoms with Gasteiger partial charge in [0, 0.05) is 19.3 Å². The molecule has 0 aromatic carbocycles. The average molecular weight is 299 g/mol. The Morgan fingerprint density at radius 3 is 2.81 bits per heavy atom. The molecule has 0 aromatic rings. The number of nitrogens with one attached hydrogen (secondary N) is 1. The third-order valence-electron chi connectivity index (χ3n) is 4.67. The van der Waals surface area contributed by atoms with Gasteiger partial charge < -0.3 is 14.6 Å². The van der Waals surface area contributed by atoms with Crippen LogP contribution < -0.4 is 5.32 Å². The molecule has 2 saturated carbocycles. The van der Waals surface area contributed by atoms with Crippen LogP contribution in [-0.4, -0.2) is 48.6 Å². The first-order chi connectivity index (χ1) is 10.1. The summed E-state index contributed by atoms with van der Waals surface area (Å²) >= 11 is 0.